The van der Waals surface area contributed by atoms with Gasteiger partial charge in [-0.3, -0.25) is 0 Å². The first-order valence-corrected chi connectivity index (χ1v) is 44.8. The van der Waals surface area contributed by atoms with Crippen LogP contribution in [-0.2, 0) is 0 Å². The predicted octanol–water partition coefficient (Wildman–Crippen LogP) is 25.3. The predicted molar refractivity (Wildman–Crippen MR) is 539 cm³/mol. The quantitative estimate of drug-likeness (QED) is 0.114. The van der Waals surface area contributed by atoms with Crippen molar-refractivity contribution in [2.45, 2.75) is 0 Å². The topological polar surface area (TPSA) is 48.3 Å². The minimum absolute atomic E-state index is 0.329. The molecule has 0 N–H and O–H groups in total. The summed E-state index contributed by atoms with van der Waals surface area (Å²) < 4.78 is 34.4. The summed E-state index contributed by atoms with van der Waals surface area (Å²) in [5, 5.41) is 2.31. The maximum atomic E-state index is 8.45. The lowest BCUT2D eigenvalue weighted by atomic mass is 9.29. The average Bonchev–Trinajstić information content (AvgIpc) is 0.717. The van der Waals surface area contributed by atoms with Crippen LogP contribution in [0.15, 0.2) is 449 Å². The molecule has 0 saturated heterocycles. The molecule has 21 aromatic rings. The van der Waals surface area contributed by atoms with Gasteiger partial charge in [-0.1, -0.05) is 370 Å². The first-order valence-electron chi connectivity index (χ1n) is 44.8. The highest BCUT2D eigenvalue weighted by atomic mass is 16.5. The summed E-state index contributed by atoms with van der Waals surface area (Å²) >= 11 is 0. The van der Waals surface area contributed by atoms with Crippen LogP contribution in [0.4, 0.5) is 34.1 Å². The minimum Gasteiger partial charge on any atom is -0.459 e. The Kier molecular flexibility index (Phi) is 16.6. The van der Waals surface area contributed by atoms with Crippen LogP contribution < -0.4 is 77.9 Å². The Bertz CT molecular complexity index is 8060. The summed E-state index contributed by atoms with van der Waals surface area (Å²) in [6.07, 6.45) is 0. The molecule has 7 nitrogen and oxygen atoms in total. The van der Waals surface area contributed by atoms with E-state index in [9.17, 15) is 0 Å². The highest BCUT2D eigenvalue weighted by Gasteiger charge is 2.54. The SMILES string of the molecule is c1ccc(-c2ccc3c(c2)Oc2c4c(cc5c2B2c6ccc(-c7ccccc7)cc6N(c6c(-c7ccccc7)cccc6-c6ccccc6)c6cc(-c7ccc8c(c7)c7ccccc7n8-c7ccccc7)cc(c62)N5c2c(-c5ccccc5)cccc2-c2ccccc2)Oc2cc5c6c(c2B34)Oc2ccc(-c3ccccc3)cc2B6c2cc(-c3ccccc3)ccc2O5)cc1. The third kappa shape index (κ3) is 11.5. The van der Waals surface area contributed by atoms with E-state index in [1.807, 2.05) is 0 Å². The van der Waals surface area contributed by atoms with Crippen molar-refractivity contribution in [3.63, 3.8) is 0 Å². The lowest BCUT2D eigenvalue weighted by molar-refractivity contribution is 0.443. The lowest BCUT2D eigenvalue weighted by Crippen LogP contribution is -2.66. The van der Waals surface area contributed by atoms with Gasteiger partial charge in [-0.05, 0) is 177 Å². The van der Waals surface area contributed by atoms with Crippen LogP contribution >= 0.6 is 0 Å². The molecular weight excluding hydrogens is 1580 g/mol. The Morgan fingerprint density at radius 3 is 1.05 bits per heavy atom. The number of anilines is 6. The minimum atomic E-state index is -0.544. The fraction of sp³-hybridized carbons (Fsp3) is 0. The standard InChI is InChI=1S/C120H74B3N3O4/c1-10-32-75(33-11-1)84-59-64-106-98(67-84)121-99-68-85(76-34-12-2-13-35-76)60-65-107(99)129-120-114(121)110(127-106)74-111-116(120)123-97-62-57-87(78-38-16-4-17-39-78)72-108(97)130-119-113-105(73-109(128-111)115(119)123)126(118-92(81-44-22-7-23-45-81)53-31-54-93(118)82-46-24-8-25-47-82)104-71-88(83-58-63-101-95(66-83)94-50-28-29-55-100(94)124(101)89-48-26-9-27-49-89)70-103-112(104)122(113)96-61-56-86(77-36-14-3-15-37-77)69-102(96)125(103)117-90(79-40-18-5-19-41-79)51-30-52-91(117)80-42-20-6-21-43-80/h1-74H. The lowest BCUT2D eigenvalue weighted by Gasteiger charge is -2.47. The summed E-state index contributed by atoms with van der Waals surface area (Å²) in [7, 11) is 0. The molecule has 130 heavy (non-hydrogen) atoms. The van der Waals surface area contributed by atoms with E-state index in [0.29, 0.717) is 23.0 Å². The van der Waals surface area contributed by atoms with E-state index in [4.69, 9.17) is 18.9 Å². The van der Waals surface area contributed by atoms with Crippen molar-refractivity contribution in [3.05, 3.63) is 449 Å². The van der Waals surface area contributed by atoms with Crippen molar-refractivity contribution in [1.82, 2.24) is 4.57 Å². The highest BCUT2D eigenvalue weighted by molar-refractivity contribution is 7.04. The van der Waals surface area contributed by atoms with Crippen LogP contribution in [0.1, 0.15) is 0 Å². The van der Waals surface area contributed by atoms with Gasteiger partial charge in [-0.2, -0.15) is 0 Å². The van der Waals surface area contributed by atoms with Gasteiger partial charge >= 0.3 is 0 Å². The number of hydrogen-bond donors (Lipinski definition) is 0. The van der Waals surface area contributed by atoms with Crippen LogP contribution in [0.2, 0.25) is 0 Å². The first-order chi connectivity index (χ1) is 64.5. The van der Waals surface area contributed by atoms with Crippen LogP contribution in [0.3, 0.4) is 0 Å². The van der Waals surface area contributed by atoms with Gasteiger partial charge in [0.25, 0.3) is 20.1 Å². The van der Waals surface area contributed by atoms with Crippen molar-refractivity contribution in [1.29, 1.82) is 0 Å². The number of para-hydroxylation sites is 4. The number of nitrogens with zero attached hydrogens (tertiary/aromatic N) is 3. The molecule has 0 unspecified atom stereocenters. The van der Waals surface area contributed by atoms with E-state index < -0.39 is 13.4 Å². The Morgan fingerprint density at radius 1 is 0.177 bits per heavy atom. The number of fused-ring (bicyclic) bond motifs is 17. The molecule has 7 heterocycles. The molecule has 602 valence electrons. The normalized spacial score (nSPS) is 12.9. The van der Waals surface area contributed by atoms with Gasteiger partial charge in [-0.15, -0.1) is 0 Å². The molecule has 27 rings (SSSR count). The Hall–Kier alpha value is -16.8. The monoisotopic (exact) mass is 1650 g/mol. The number of hydrogen-bond acceptors (Lipinski definition) is 6. The van der Waals surface area contributed by atoms with Crippen molar-refractivity contribution in [2.75, 3.05) is 9.80 Å². The van der Waals surface area contributed by atoms with Crippen LogP contribution in [0, 0.1) is 0 Å². The molecule has 0 saturated carbocycles. The van der Waals surface area contributed by atoms with Crippen molar-refractivity contribution < 1.29 is 18.9 Å². The average molecular weight is 1650 g/mol. The second kappa shape index (κ2) is 29.4. The summed E-state index contributed by atoms with van der Waals surface area (Å²) in [5.74, 6) is 5.67. The molecule has 0 bridgehead atoms. The molecule has 0 spiro atoms. The zero-order valence-corrected chi connectivity index (χ0v) is 70.4. The summed E-state index contributed by atoms with van der Waals surface area (Å²) in [4.78, 5) is 5.29. The number of benzene rings is 20. The molecule has 10 heteroatoms. The summed E-state index contributed by atoms with van der Waals surface area (Å²) in [6.45, 7) is -1.42. The van der Waals surface area contributed by atoms with Crippen molar-refractivity contribution >= 4 is 125 Å². The molecule has 0 fully saturated rings. The summed E-state index contributed by atoms with van der Waals surface area (Å²) in [5.41, 5.74) is 37.7. The third-order valence-electron chi connectivity index (χ3n) is 27.6. The van der Waals surface area contributed by atoms with Gasteiger partial charge in [0.15, 0.2) is 0 Å². The first kappa shape index (κ1) is 73.5. The van der Waals surface area contributed by atoms with Crippen molar-refractivity contribution in [3.8, 4) is 152 Å². The molecule has 20 aromatic carbocycles. The highest BCUT2D eigenvalue weighted by Crippen LogP contribution is 2.57. The maximum Gasteiger partial charge on any atom is 0.265 e. The van der Waals surface area contributed by atoms with Gasteiger partial charge in [0.1, 0.15) is 46.0 Å². The molecule has 0 atom stereocenters. The van der Waals surface area contributed by atoms with E-state index in [0.717, 1.165) is 229 Å². The van der Waals surface area contributed by atoms with E-state index in [2.05, 4.69) is 463 Å². The van der Waals surface area contributed by atoms with Crippen LogP contribution in [0.5, 0.6) is 46.0 Å². The Balaban J connectivity index is 0.795. The third-order valence-corrected chi connectivity index (χ3v) is 27.6. The zero-order chi connectivity index (χ0) is 85.2. The largest absolute Gasteiger partial charge is 0.459 e. The van der Waals surface area contributed by atoms with Gasteiger partial charge in [-0.25, -0.2) is 0 Å². The Morgan fingerprint density at radius 2 is 0.531 bits per heavy atom. The molecule has 1 aromatic heterocycles. The smallest absolute Gasteiger partial charge is 0.265 e. The maximum absolute atomic E-state index is 8.45. The van der Waals surface area contributed by atoms with Gasteiger partial charge in [0.2, 0.25) is 0 Å². The van der Waals surface area contributed by atoms with Gasteiger partial charge in [0.05, 0.1) is 22.4 Å². The Labute approximate surface area is 754 Å². The van der Waals surface area contributed by atoms with E-state index in [1.54, 1.807) is 0 Å². The molecular formula is C120H74B3N3O4. The fourth-order valence-electron chi connectivity index (χ4n) is 21.9. The van der Waals surface area contributed by atoms with Crippen molar-refractivity contribution in [2.24, 2.45) is 0 Å². The number of ether oxygens (including phenoxy) is 4. The fourth-order valence-corrected chi connectivity index (χ4v) is 21.9. The molecule has 6 aliphatic rings. The number of rotatable bonds is 12. The van der Waals surface area contributed by atoms with E-state index in [-0.39, 0.29) is 6.71 Å². The number of aromatic nitrogens is 1. The van der Waals surface area contributed by atoms with Gasteiger partial charge < -0.3 is 33.3 Å². The van der Waals surface area contributed by atoms with Crippen LogP contribution in [-0.4, -0.2) is 24.7 Å². The van der Waals surface area contributed by atoms with Gasteiger partial charge in [0, 0.05) is 90.0 Å². The summed E-state index contributed by atoms with van der Waals surface area (Å²) in [6, 6.07) is 165. The zero-order valence-electron chi connectivity index (χ0n) is 70.4. The van der Waals surface area contributed by atoms with E-state index >= 15 is 0 Å². The molecule has 6 aliphatic heterocycles. The van der Waals surface area contributed by atoms with E-state index in [1.165, 1.54) is 5.39 Å². The van der Waals surface area contributed by atoms with Crippen LogP contribution in [0.25, 0.3) is 128 Å². The molecule has 0 amide bonds. The molecule has 0 radical (unpaired) electrons. The molecule has 0 aliphatic carbocycles. The second-order valence-electron chi connectivity index (χ2n) is 34.7. The second-order valence-corrected chi connectivity index (χ2v) is 34.7.